The summed E-state index contributed by atoms with van der Waals surface area (Å²) in [4.78, 5) is 18.1. The van der Waals surface area contributed by atoms with E-state index in [4.69, 9.17) is 0 Å². The van der Waals surface area contributed by atoms with Crippen LogP contribution in [0.2, 0.25) is 0 Å². The number of aromatic nitrogens is 4. The van der Waals surface area contributed by atoms with Gasteiger partial charge in [0.05, 0.1) is 17.4 Å². The minimum Gasteiger partial charge on any atom is -0.354 e. The molecule has 146 valence electrons. The van der Waals surface area contributed by atoms with Gasteiger partial charge in [-0.3, -0.25) is 4.90 Å². The van der Waals surface area contributed by atoms with Gasteiger partial charge in [0.25, 0.3) is 0 Å². The Kier molecular flexibility index (Phi) is 4.68. The van der Waals surface area contributed by atoms with E-state index in [0.717, 1.165) is 56.1 Å². The van der Waals surface area contributed by atoms with Gasteiger partial charge in [-0.15, -0.1) is 0 Å². The summed E-state index contributed by atoms with van der Waals surface area (Å²) < 4.78 is 15.4. The molecule has 1 aliphatic carbocycles. The number of rotatable bonds is 5. The van der Waals surface area contributed by atoms with Crippen molar-refractivity contribution in [2.24, 2.45) is 0 Å². The second-order valence-corrected chi connectivity index (χ2v) is 7.83. The molecule has 5 rings (SSSR count). The van der Waals surface area contributed by atoms with Gasteiger partial charge in [-0.25, -0.2) is 19.3 Å². The average Bonchev–Trinajstić information content (AvgIpc) is 3.08. The predicted molar refractivity (Wildman–Crippen MR) is 107 cm³/mol. The Balaban J connectivity index is 1.17. The van der Waals surface area contributed by atoms with Crippen LogP contribution in [0.25, 0.3) is 11.0 Å². The molecule has 3 heterocycles. The topological polar surface area (TPSA) is 50.1 Å². The standard InChI is InChI=1S/C21H25FN6/c22-17-4-5-20-19(12-17)25-15-28(20)11-8-26-6-9-27(10-7-26)21-13-18(23-14-24-21)16-2-1-3-16/h4-5,12-16H,1-3,6-11H2. The lowest BCUT2D eigenvalue weighted by Crippen LogP contribution is -2.47. The number of fused-ring (bicyclic) bond motifs is 1. The largest absolute Gasteiger partial charge is 0.354 e. The number of halogens is 1. The van der Waals surface area contributed by atoms with E-state index in [1.807, 2.05) is 12.4 Å². The van der Waals surface area contributed by atoms with Crippen molar-refractivity contribution in [3.63, 3.8) is 0 Å². The van der Waals surface area contributed by atoms with Gasteiger partial charge < -0.3 is 9.47 Å². The molecular weight excluding hydrogens is 355 g/mol. The van der Waals surface area contributed by atoms with Crippen molar-refractivity contribution >= 4 is 16.9 Å². The lowest BCUT2D eigenvalue weighted by atomic mass is 9.83. The zero-order valence-electron chi connectivity index (χ0n) is 16.0. The van der Waals surface area contributed by atoms with Crippen LogP contribution >= 0.6 is 0 Å². The first-order valence-corrected chi connectivity index (χ1v) is 10.2. The van der Waals surface area contributed by atoms with Crippen LogP contribution in [0.15, 0.2) is 36.9 Å². The molecule has 0 bridgehead atoms. The van der Waals surface area contributed by atoms with Crippen LogP contribution in [0.3, 0.4) is 0 Å². The fourth-order valence-corrected chi connectivity index (χ4v) is 4.13. The van der Waals surface area contributed by atoms with Crippen LogP contribution in [0, 0.1) is 5.82 Å². The molecular formula is C21H25FN6. The molecule has 2 aromatic heterocycles. The van der Waals surface area contributed by atoms with E-state index in [2.05, 4.69) is 35.4 Å². The highest BCUT2D eigenvalue weighted by Gasteiger charge is 2.23. The van der Waals surface area contributed by atoms with E-state index < -0.39 is 0 Å². The molecule has 6 nitrogen and oxygen atoms in total. The minimum atomic E-state index is -0.237. The lowest BCUT2D eigenvalue weighted by molar-refractivity contribution is 0.248. The molecule has 1 saturated carbocycles. The minimum absolute atomic E-state index is 0.237. The molecule has 1 aromatic carbocycles. The quantitative estimate of drug-likeness (QED) is 0.681. The maximum atomic E-state index is 13.3. The molecule has 7 heteroatoms. The van der Waals surface area contributed by atoms with Crippen LogP contribution < -0.4 is 4.90 Å². The fourth-order valence-electron chi connectivity index (χ4n) is 4.13. The van der Waals surface area contributed by atoms with Crippen molar-refractivity contribution < 1.29 is 4.39 Å². The van der Waals surface area contributed by atoms with Crippen LogP contribution in [0.5, 0.6) is 0 Å². The maximum absolute atomic E-state index is 13.3. The first-order valence-electron chi connectivity index (χ1n) is 10.2. The van der Waals surface area contributed by atoms with Crippen molar-refractivity contribution in [3.05, 3.63) is 48.4 Å². The van der Waals surface area contributed by atoms with Crippen molar-refractivity contribution in [2.75, 3.05) is 37.6 Å². The normalized spacial score (nSPS) is 18.5. The zero-order chi connectivity index (χ0) is 18.9. The Bertz CT molecular complexity index is 958. The van der Waals surface area contributed by atoms with E-state index >= 15 is 0 Å². The van der Waals surface area contributed by atoms with Crippen molar-refractivity contribution in [1.82, 2.24) is 24.4 Å². The van der Waals surface area contributed by atoms with Gasteiger partial charge in [0.1, 0.15) is 18.0 Å². The fraction of sp³-hybridized carbons (Fsp3) is 0.476. The van der Waals surface area contributed by atoms with Crippen molar-refractivity contribution in [2.45, 2.75) is 31.7 Å². The predicted octanol–water partition coefficient (Wildman–Crippen LogP) is 3.06. The van der Waals surface area contributed by atoms with Crippen LogP contribution in [-0.4, -0.2) is 57.1 Å². The van der Waals surface area contributed by atoms with Gasteiger partial charge >= 0.3 is 0 Å². The molecule has 0 atom stereocenters. The summed E-state index contributed by atoms with van der Waals surface area (Å²) in [6.07, 6.45) is 7.38. The Morgan fingerprint density at radius 1 is 0.964 bits per heavy atom. The van der Waals surface area contributed by atoms with Gasteiger partial charge in [0.15, 0.2) is 0 Å². The number of imidazole rings is 1. The smallest absolute Gasteiger partial charge is 0.132 e. The van der Waals surface area contributed by atoms with Gasteiger partial charge in [0, 0.05) is 63.0 Å². The van der Waals surface area contributed by atoms with E-state index in [1.165, 1.54) is 37.1 Å². The second-order valence-electron chi connectivity index (χ2n) is 7.83. The Hall–Kier alpha value is -2.54. The SMILES string of the molecule is Fc1ccc2c(c1)ncn2CCN1CCN(c2cc(C3CCC3)ncn2)CC1. The highest BCUT2D eigenvalue weighted by Crippen LogP contribution is 2.35. The van der Waals surface area contributed by atoms with Gasteiger partial charge in [-0.1, -0.05) is 6.42 Å². The number of hydrogen-bond acceptors (Lipinski definition) is 5. The number of nitrogens with zero attached hydrogens (tertiary/aromatic N) is 6. The molecule has 0 spiro atoms. The van der Waals surface area contributed by atoms with Crippen LogP contribution in [-0.2, 0) is 6.54 Å². The molecule has 1 aliphatic heterocycles. The summed E-state index contributed by atoms with van der Waals surface area (Å²) in [6, 6.07) is 6.99. The first-order chi connectivity index (χ1) is 13.8. The van der Waals surface area contributed by atoms with Crippen molar-refractivity contribution in [3.8, 4) is 0 Å². The molecule has 2 fully saturated rings. The van der Waals surface area contributed by atoms with Gasteiger partial charge in [-0.2, -0.15) is 0 Å². The molecule has 2 aliphatic rings. The summed E-state index contributed by atoms with van der Waals surface area (Å²) in [5.41, 5.74) is 2.92. The molecule has 0 radical (unpaired) electrons. The lowest BCUT2D eigenvalue weighted by Gasteiger charge is -2.35. The van der Waals surface area contributed by atoms with E-state index in [-0.39, 0.29) is 5.82 Å². The Labute approximate surface area is 164 Å². The second kappa shape index (κ2) is 7.47. The highest BCUT2D eigenvalue weighted by molar-refractivity contribution is 5.75. The van der Waals surface area contributed by atoms with Crippen molar-refractivity contribution in [1.29, 1.82) is 0 Å². The molecule has 3 aromatic rings. The number of hydrogen-bond donors (Lipinski definition) is 0. The molecule has 28 heavy (non-hydrogen) atoms. The van der Waals surface area contributed by atoms with Crippen LogP contribution in [0.1, 0.15) is 30.9 Å². The van der Waals surface area contributed by atoms with E-state index in [9.17, 15) is 4.39 Å². The monoisotopic (exact) mass is 380 g/mol. The summed E-state index contributed by atoms with van der Waals surface area (Å²) in [6.45, 7) is 5.83. The molecule has 0 N–H and O–H groups in total. The van der Waals surface area contributed by atoms with Crippen LogP contribution in [0.4, 0.5) is 10.2 Å². The summed E-state index contributed by atoms with van der Waals surface area (Å²) in [5, 5.41) is 0. The highest BCUT2D eigenvalue weighted by atomic mass is 19.1. The molecule has 0 unspecified atom stereocenters. The van der Waals surface area contributed by atoms with Gasteiger partial charge in [0.2, 0.25) is 0 Å². The third kappa shape index (κ3) is 3.46. The number of anilines is 1. The third-order valence-electron chi connectivity index (χ3n) is 6.13. The zero-order valence-corrected chi connectivity index (χ0v) is 16.0. The number of benzene rings is 1. The van der Waals surface area contributed by atoms with Gasteiger partial charge in [-0.05, 0) is 25.0 Å². The maximum Gasteiger partial charge on any atom is 0.132 e. The first kappa shape index (κ1) is 17.6. The summed E-state index contributed by atoms with van der Waals surface area (Å²) in [7, 11) is 0. The summed E-state index contributed by atoms with van der Waals surface area (Å²) >= 11 is 0. The summed E-state index contributed by atoms with van der Waals surface area (Å²) in [5.74, 6) is 1.47. The van der Waals surface area contributed by atoms with E-state index in [1.54, 1.807) is 6.33 Å². The molecule has 1 saturated heterocycles. The van der Waals surface area contributed by atoms with E-state index in [0.29, 0.717) is 5.92 Å². The Morgan fingerprint density at radius 2 is 1.82 bits per heavy atom. The molecule has 0 amide bonds. The number of piperazine rings is 1. The Morgan fingerprint density at radius 3 is 2.61 bits per heavy atom. The average molecular weight is 380 g/mol. The third-order valence-corrected chi connectivity index (χ3v) is 6.13.